The number of rotatable bonds is 8. The molecule has 1 saturated carbocycles. The molecule has 176 valence electrons. The minimum absolute atomic E-state index is 0.106. The van der Waals surface area contributed by atoms with E-state index in [1.807, 2.05) is 54.6 Å². The Morgan fingerprint density at radius 2 is 1.66 bits per heavy atom. The molecule has 5 rings (SSSR count). The van der Waals surface area contributed by atoms with Crippen LogP contribution in [-0.4, -0.2) is 36.5 Å². The Morgan fingerprint density at radius 3 is 2.29 bits per heavy atom. The highest BCUT2D eigenvalue weighted by molar-refractivity contribution is 5.91. The average Bonchev–Trinajstić information content (AvgIpc) is 3.52. The maximum Gasteiger partial charge on any atom is 0.244 e. The summed E-state index contributed by atoms with van der Waals surface area (Å²) in [4.78, 5) is 13.1. The molecule has 0 bridgehead atoms. The zero-order valence-corrected chi connectivity index (χ0v) is 19.6. The number of ether oxygens (including phenoxy) is 2. The molecule has 0 spiro atoms. The smallest absolute Gasteiger partial charge is 0.244 e. The summed E-state index contributed by atoms with van der Waals surface area (Å²) >= 11 is 0. The van der Waals surface area contributed by atoms with Crippen molar-refractivity contribution in [3.63, 3.8) is 0 Å². The maximum absolute atomic E-state index is 13.1. The van der Waals surface area contributed by atoms with E-state index in [0.29, 0.717) is 11.5 Å². The first-order chi connectivity index (χ1) is 17.2. The van der Waals surface area contributed by atoms with Crippen molar-refractivity contribution in [2.45, 2.75) is 11.8 Å². The molecule has 0 radical (unpaired) electrons. The highest BCUT2D eigenvalue weighted by atomic mass is 16.5. The van der Waals surface area contributed by atoms with Gasteiger partial charge in [0.05, 0.1) is 38.2 Å². The van der Waals surface area contributed by atoms with Crippen LogP contribution in [0.5, 0.6) is 11.5 Å². The fourth-order valence-electron chi connectivity index (χ4n) is 4.72. The van der Waals surface area contributed by atoms with Crippen LogP contribution in [0.4, 0.5) is 0 Å². The van der Waals surface area contributed by atoms with E-state index in [2.05, 4.69) is 45.0 Å². The number of nitrogens with zero attached hydrogens (tertiary/aromatic N) is 2. The summed E-state index contributed by atoms with van der Waals surface area (Å²) < 4.78 is 10.7. The van der Waals surface area contributed by atoms with Crippen LogP contribution in [0.3, 0.4) is 0 Å². The van der Waals surface area contributed by atoms with Gasteiger partial charge in [0.25, 0.3) is 0 Å². The number of nitrogens with one attached hydrogen (secondary N) is 2. The maximum atomic E-state index is 13.1. The molecule has 1 aliphatic rings. The molecule has 3 aromatic carbocycles. The van der Waals surface area contributed by atoms with Gasteiger partial charge in [-0.05, 0) is 35.7 Å². The SMILES string of the molecule is COc1ccc(-c2[nH]ncc2/C=N/NC(=O)C2CC2(c2ccccc2)c2ccccc2)cc1OC. The van der Waals surface area contributed by atoms with Crippen LogP contribution < -0.4 is 14.9 Å². The predicted molar refractivity (Wildman–Crippen MR) is 135 cm³/mol. The zero-order chi connectivity index (χ0) is 24.3. The third-order valence-electron chi connectivity index (χ3n) is 6.57. The minimum Gasteiger partial charge on any atom is -0.493 e. The lowest BCUT2D eigenvalue weighted by Gasteiger charge is -2.18. The van der Waals surface area contributed by atoms with Gasteiger partial charge in [-0.1, -0.05) is 60.7 Å². The minimum atomic E-state index is -0.331. The molecule has 1 aromatic heterocycles. The van der Waals surface area contributed by atoms with Crippen molar-refractivity contribution >= 4 is 12.1 Å². The van der Waals surface area contributed by atoms with Crippen molar-refractivity contribution in [3.8, 4) is 22.8 Å². The second kappa shape index (κ2) is 9.46. The van der Waals surface area contributed by atoms with Gasteiger partial charge in [0.15, 0.2) is 11.5 Å². The van der Waals surface area contributed by atoms with E-state index in [0.717, 1.165) is 34.4 Å². The number of aromatic amines is 1. The summed E-state index contributed by atoms with van der Waals surface area (Å²) in [6.45, 7) is 0. The van der Waals surface area contributed by atoms with Gasteiger partial charge >= 0.3 is 0 Å². The summed E-state index contributed by atoms with van der Waals surface area (Å²) in [6, 6.07) is 26.0. The molecule has 1 unspecified atom stereocenters. The summed E-state index contributed by atoms with van der Waals surface area (Å²) in [5.74, 6) is 0.954. The van der Waals surface area contributed by atoms with Crippen LogP contribution in [-0.2, 0) is 10.2 Å². The number of hydrazone groups is 1. The Bertz CT molecular complexity index is 1310. The number of hydrogen-bond donors (Lipinski definition) is 2. The van der Waals surface area contributed by atoms with E-state index in [1.165, 1.54) is 0 Å². The normalized spacial score (nSPS) is 16.1. The molecule has 1 fully saturated rings. The lowest BCUT2D eigenvalue weighted by atomic mass is 9.85. The zero-order valence-electron chi connectivity index (χ0n) is 19.6. The van der Waals surface area contributed by atoms with E-state index in [1.54, 1.807) is 26.6 Å². The van der Waals surface area contributed by atoms with E-state index >= 15 is 0 Å². The van der Waals surface area contributed by atoms with Crippen LogP contribution in [0.2, 0.25) is 0 Å². The number of hydrogen-bond acceptors (Lipinski definition) is 5. The van der Waals surface area contributed by atoms with Gasteiger partial charge in [-0.3, -0.25) is 9.89 Å². The van der Waals surface area contributed by atoms with Gasteiger partial charge in [0.1, 0.15) is 0 Å². The van der Waals surface area contributed by atoms with Crippen LogP contribution in [0.1, 0.15) is 23.1 Å². The van der Waals surface area contributed by atoms with Crippen LogP contribution in [0, 0.1) is 5.92 Å². The van der Waals surface area contributed by atoms with Gasteiger partial charge in [-0.2, -0.15) is 10.2 Å². The van der Waals surface area contributed by atoms with Gasteiger partial charge in [0.2, 0.25) is 5.91 Å². The highest BCUT2D eigenvalue weighted by Crippen LogP contribution is 2.58. The van der Waals surface area contributed by atoms with E-state index in [-0.39, 0.29) is 17.2 Å². The van der Waals surface area contributed by atoms with Gasteiger partial charge in [-0.15, -0.1) is 0 Å². The molecular weight excluding hydrogens is 440 g/mol. The number of H-pyrrole nitrogens is 1. The molecule has 35 heavy (non-hydrogen) atoms. The van der Waals surface area contributed by atoms with Crippen molar-refractivity contribution in [1.82, 2.24) is 15.6 Å². The Balaban J connectivity index is 1.34. The monoisotopic (exact) mass is 466 g/mol. The average molecular weight is 467 g/mol. The molecule has 1 amide bonds. The Labute approximate surface area is 203 Å². The molecule has 1 aliphatic carbocycles. The lowest BCUT2D eigenvalue weighted by molar-refractivity contribution is -0.122. The number of aromatic nitrogens is 2. The van der Waals surface area contributed by atoms with Crippen LogP contribution in [0.15, 0.2) is 90.2 Å². The van der Waals surface area contributed by atoms with Crippen LogP contribution in [0.25, 0.3) is 11.3 Å². The molecule has 1 heterocycles. The standard InChI is InChI=1S/C28H26N4O3/c1-34-24-14-13-19(15-25(24)35-2)26-20(17-29-31-26)18-30-32-27(33)23-16-28(23,21-9-5-3-6-10-21)22-11-7-4-8-12-22/h3-15,17-18,23H,16H2,1-2H3,(H,29,31)(H,32,33)/b30-18+. The molecule has 7 nitrogen and oxygen atoms in total. The first kappa shape index (κ1) is 22.4. The van der Waals surface area contributed by atoms with Crippen molar-refractivity contribution in [1.29, 1.82) is 0 Å². The molecule has 0 aliphatic heterocycles. The van der Waals surface area contributed by atoms with Gasteiger partial charge < -0.3 is 9.47 Å². The van der Waals surface area contributed by atoms with E-state index in [4.69, 9.17) is 9.47 Å². The number of benzene rings is 3. The topological polar surface area (TPSA) is 88.6 Å². The summed E-state index contributed by atoms with van der Waals surface area (Å²) in [5.41, 5.74) is 7.06. The number of carbonyl (C=O) groups is 1. The Hall–Kier alpha value is -4.39. The van der Waals surface area contributed by atoms with Crippen molar-refractivity contribution in [2.75, 3.05) is 14.2 Å². The third kappa shape index (κ3) is 4.17. The summed E-state index contributed by atoms with van der Waals surface area (Å²) in [7, 11) is 3.19. The fourth-order valence-corrected chi connectivity index (χ4v) is 4.72. The molecule has 1 atom stereocenters. The van der Waals surface area contributed by atoms with E-state index in [9.17, 15) is 4.79 Å². The Kier molecular flexibility index (Phi) is 6.06. The lowest BCUT2D eigenvalue weighted by Crippen LogP contribution is -2.25. The highest BCUT2D eigenvalue weighted by Gasteiger charge is 2.60. The first-order valence-corrected chi connectivity index (χ1v) is 11.4. The summed E-state index contributed by atoms with van der Waals surface area (Å²) in [5, 5.41) is 11.4. The molecule has 4 aromatic rings. The van der Waals surface area contributed by atoms with Crippen molar-refractivity contribution in [3.05, 3.63) is 102 Å². The van der Waals surface area contributed by atoms with Gasteiger partial charge in [0, 0.05) is 16.5 Å². The second-order valence-electron chi connectivity index (χ2n) is 8.46. The Morgan fingerprint density at radius 1 is 1.00 bits per heavy atom. The van der Waals surface area contributed by atoms with Crippen molar-refractivity contribution in [2.24, 2.45) is 11.0 Å². The molecule has 2 N–H and O–H groups in total. The largest absolute Gasteiger partial charge is 0.493 e. The predicted octanol–water partition coefficient (Wildman–Crippen LogP) is 4.55. The first-order valence-electron chi connectivity index (χ1n) is 11.4. The second-order valence-corrected chi connectivity index (χ2v) is 8.46. The third-order valence-corrected chi connectivity index (χ3v) is 6.57. The van der Waals surface area contributed by atoms with E-state index < -0.39 is 0 Å². The molecule has 7 heteroatoms. The quantitative estimate of drug-likeness (QED) is 0.295. The fraction of sp³-hybridized carbons (Fsp3) is 0.179. The van der Waals surface area contributed by atoms with Crippen molar-refractivity contribution < 1.29 is 14.3 Å². The van der Waals surface area contributed by atoms with Crippen LogP contribution >= 0.6 is 0 Å². The summed E-state index contributed by atoms with van der Waals surface area (Å²) in [6.07, 6.45) is 4.00. The van der Waals surface area contributed by atoms with Gasteiger partial charge in [-0.25, -0.2) is 5.43 Å². The number of carbonyl (C=O) groups excluding carboxylic acids is 1. The number of amides is 1. The molecular formula is C28H26N4O3. The molecule has 0 saturated heterocycles. The number of methoxy groups -OCH3 is 2.